The van der Waals surface area contributed by atoms with Crippen LogP contribution in [-0.4, -0.2) is 42.9 Å². The third-order valence-corrected chi connectivity index (χ3v) is 4.68. The van der Waals surface area contributed by atoms with Crippen molar-refractivity contribution in [2.75, 3.05) is 20.8 Å². The first-order valence-electron chi connectivity index (χ1n) is 8.38. The van der Waals surface area contributed by atoms with E-state index in [1.165, 1.54) is 14.2 Å². The molecule has 1 heterocycles. The van der Waals surface area contributed by atoms with Crippen molar-refractivity contribution in [1.29, 1.82) is 0 Å². The molecule has 0 saturated carbocycles. The summed E-state index contributed by atoms with van der Waals surface area (Å²) in [6.45, 7) is 0.0970. The lowest BCUT2D eigenvalue weighted by Gasteiger charge is -2.18. The molecule has 2 atom stereocenters. The molecule has 0 aliphatic carbocycles. The average molecular weight is 358 g/mol. The van der Waals surface area contributed by atoms with E-state index in [0.717, 1.165) is 11.1 Å². The van der Waals surface area contributed by atoms with Gasteiger partial charge in [0.1, 0.15) is 6.61 Å². The van der Waals surface area contributed by atoms with Crippen molar-refractivity contribution >= 4 is 5.78 Å². The van der Waals surface area contributed by atoms with Gasteiger partial charge in [0, 0.05) is 0 Å². The highest BCUT2D eigenvalue weighted by atomic mass is 16.5. The van der Waals surface area contributed by atoms with Crippen LogP contribution in [0.1, 0.15) is 11.1 Å². The van der Waals surface area contributed by atoms with Crippen LogP contribution in [0.4, 0.5) is 0 Å². The van der Waals surface area contributed by atoms with Gasteiger partial charge in [-0.1, -0.05) is 12.1 Å². The first-order chi connectivity index (χ1) is 12.5. The largest absolute Gasteiger partial charge is 0.504 e. The molecule has 1 saturated heterocycles. The Morgan fingerprint density at radius 2 is 1.50 bits per heavy atom. The van der Waals surface area contributed by atoms with Crippen molar-refractivity contribution in [1.82, 2.24) is 0 Å². The number of phenols is 2. The van der Waals surface area contributed by atoms with Crippen LogP contribution in [-0.2, 0) is 22.4 Å². The molecular formula is C20H22O6. The molecule has 138 valence electrons. The van der Waals surface area contributed by atoms with Crippen molar-refractivity contribution in [3.05, 3.63) is 47.5 Å². The molecule has 26 heavy (non-hydrogen) atoms. The number of aromatic hydroxyl groups is 2. The molecule has 6 nitrogen and oxygen atoms in total. The minimum atomic E-state index is -0.274. The number of hydrogen-bond acceptors (Lipinski definition) is 6. The number of Topliss-reactive ketones (excluding diaryl/α,β-unsaturated/α-hetero) is 1. The molecule has 1 aliphatic heterocycles. The average Bonchev–Trinajstić information content (AvgIpc) is 2.98. The maximum absolute atomic E-state index is 12.3. The molecule has 6 heteroatoms. The van der Waals surface area contributed by atoms with Crippen molar-refractivity contribution in [3.63, 3.8) is 0 Å². The fourth-order valence-corrected chi connectivity index (χ4v) is 3.25. The molecule has 3 rings (SSSR count). The second kappa shape index (κ2) is 7.66. The SMILES string of the molecule is COc1cc(C[C@@H]2OCC(=O)[C@H]2Cc2ccc(O)c(OC)c2)ccc1O. The maximum Gasteiger partial charge on any atom is 0.164 e. The highest BCUT2D eigenvalue weighted by Gasteiger charge is 2.36. The van der Waals surface area contributed by atoms with Crippen molar-refractivity contribution in [2.45, 2.75) is 18.9 Å². The summed E-state index contributed by atoms with van der Waals surface area (Å²) in [6, 6.07) is 10.2. The zero-order chi connectivity index (χ0) is 18.7. The Morgan fingerprint density at radius 3 is 2.04 bits per heavy atom. The minimum absolute atomic E-state index is 0.0628. The summed E-state index contributed by atoms with van der Waals surface area (Å²) in [4.78, 5) is 12.3. The molecule has 1 aliphatic rings. The summed E-state index contributed by atoms with van der Waals surface area (Å²) >= 11 is 0. The number of carbonyl (C=O) groups excluding carboxylic acids is 1. The summed E-state index contributed by atoms with van der Waals surface area (Å²) in [6.07, 6.45) is 0.800. The Bertz CT molecular complexity index is 801. The molecule has 1 fully saturated rings. The normalized spacial score (nSPS) is 19.5. The Balaban J connectivity index is 1.76. The lowest BCUT2D eigenvalue weighted by molar-refractivity contribution is -0.120. The second-order valence-corrected chi connectivity index (χ2v) is 6.34. The van der Waals surface area contributed by atoms with Crippen LogP contribution < -0.4 is 9.47 Å². The van der Waals surface area contributed by atoms with Crippen molar-refractivity contribution in [2.24, 2.45) is 5.92 Å². The standard InChI is InChI=1S/C20H22O6/c1-24-19-9-12(3-5-15(19)21)7-14-17(23)11-26-18(14)8-13-4-6-16(22)20(10-13)25-2/h3-6,9-10,14,18,21-22H,7-8,11H2,1-2H3/t14-,18+/m1/s1. The van der Waals surface area contributed by atoms with Gasteiger partial charge in [-0.2, -0.15) is 0 Å². The Hall–Kier alpha value is -2.73. The highest BCUT2D eigenvalue weighted by Crippen LogP contribution is 2.32. The van der Waals surface area contributed by atoms with Crippen molar-refractivity contribution < 1.29 is 29.2 Å². The van der Waals surface area contributed by atoms with Crippen LogP contribution >= 0.6 is 0 Å². The number of carbonyl (C=O) groups is 1. The molecule has 2 aromatic rings. The predicted molar refractivity (Wildman–Crippen MR) is 95.0 cm³/mol. The molecule has 0 unspecified atom stereocenters. The van der Waals surface area contributed by atoms with Crippen LogP contribution in [0.3, 0.4) is 0 Å². The lowest BCUT2D eigenvalue weighted by atomic mass is 9.89. The number of benzene rings is 2. The Kier molecular flexibility index (Phi) is 5.32. The summed E-state index contributed by atoms with van der Waals surface area (Å²) in [5.41, 5.74) is 1.82. The van der Waals surface area contributed by atoms with Crippen LogP contribution in [0.5, 0.6) is 23.0 Å². The van der Waals surface area contributed by atoms with E-state index in [2.05, 4.69) is 0 Å². The molecule has 0 bridgehead atoms. The topological polar surface area (TPSA) is 85.2 Å². The van der Waals surface area contributed by atoms with E-state index < -0.39 is 0 Å². The molecule has 2 aromatic carbocycles. The molecule has 0 radical (unpaired) electrons. The van der Waals surface area contributed by atoms with E-state index in [1.54, 1.807) is 36.4 Å². The first kappa shape index (κ1) is 18.1. The lowest BCUT2D eigenvalue weighted by Crippen LogP contribution is -2.25. The van der Waals surface area contributed by atoms with Gasteiger partial charge >= 0.3 is 0 Å². The second-order valence-electron chi connectivity index (χ2n) is 6.34. The van der Waals surface area contributed by atoms with Gasteiger partial charge in [0.2, 0.25) is 0 Å². The quantitative estimate of drug-likeness (QED) is 0.825. The fraction of sp³-hybridized carbons (Fsp3) is 0.350. The van der Waals surface area contributed by atoms with Gasteiger partial charge in [-0.05, 0) is 48.2 Å². The number of rotatable bonds is 6. The number of hydrogen-bond donors (Lipinski definition) is 2. The fourth-order valence-electron chi connectivity index (χ4n) is 3.25. The number of ether oxygens (including phenoxy) is 3. The summed E-state index contributed by atoms with van der Waals surface area (Å²) < 4.78 is 16.0. The van der Waals surface area contributed by atoms with Gasteiger partial charge < -0.3 is 24.4 Å². The van der Waals surface area contributed by atoms with Crippen LogP contribution in [0.15, 0.2) is 36.4 Å². The van der Waals surface area contributed by atoms with Gasteiger partial charge in [0.25, 0.3) is 0 Å². The number of phenolic OH excluding ortho intramolecular Hbond substituents is 2. The van der Waals surface area contributed by atoms with Gasteiger partial charge in [-0.25, -0.2) is 0 Å². The van der Waals surface area contributed by atoms with E-state index in [9.17, 15) is 15.0 Å². The van der Waals surface area contributed by atoms with E-state index in [-0.39, 0.29) is 35.9 Å². The zero-order valence-corrected chi connectivity index (χ0v) is 14.8. The first-order valence-corrected chi connectivity index (χ1v) is 8.38. The summed E-state index contributed by atoms with van der Waals surface area (Å²) in [7, 11) is 2.99. The zero-order valence-electron chi connectivity index (χ0n) is 14.8. The molecule has 2 N–H and O–H groups in total. The van der Waals surface area contributed by atoms with Crippen LogP contribution in [0, 0.1) is 5.92 Å². The highest BCUT2D eigenvalue weighted by molar-refractivity contribution is 5.84. The van der Waals surface area contributed by atoms with Gasteiger partial charge in [0.05, 0.1) is 26.2 Å². The molecular weight excluding hydrogens is 336 g/mol. The molecule has 0 spiro atoms. The third kappa shape index (κ3) is 3.75. The third-order valence-electron chi connectivity index (χ3n) is 4.68. The van der Waals surface area contributed by atoms with Gasteiger partial charge in [-0.15, -0.1) is 0 Å². The Labute approximate surface area is 151 Å². The smallest absolute Gasteiger partial charge is 0.164 e. The maximum atomic E-state index is 12.3. The molecule has 0 aromatic heterocycles. The summed E-state index contributed by atoms with van der Waals surface area (Å²) in [5, 5.41) is 19.4. The predicted octanol–water partition coefficient (Wildman–Crippen LogP) is 2.48. The van der Waals surface area contributed by atoms with E-state index in [4.69, 9.17) is 14.2 Å². The van der Waals surface area contributed by atoms with E-state index in [1.807, 2.05) is 0 Å². The van der Waals surface area contributed by atoms with Crippen LogP contribution in [0.25, 0.3) is 0 Å². The van der Waals surface area contributed by atoms with E-state index in [0.29, 0.717) is 24.3 Å². The minimum Gasteiger partial charge on any atom is -0.504 e. The Morgan fingerprint density at radius 1 is 0.962 bits per heavy atom. The van der Waals surface area contributed by atoms with Gasteiger partial charge in [0.15, 0.2) is 28.8 Å². The van der Waals surface area contributed by atoms with Crippen LogP contribution in [0.2, 0.25) is 0 Å². The number of methoxy groups -OCH3 is 2. The van der Waals surface area contributed by atoms with Crippen molar-refractivity contribution in [3.8, 4) is 23.0 Å². The monoisotopic (exact) mass is 358 g/mol. The summed E-state index contributed by atoms with van der Waals surface area (Å²) in [5.74, 6) is 0.711. The van der Waals surface area contributed by atoms with Gasteiger partial charge in [-0.3, -0.25) is 4.79 Å². The number of ketones is 1. The van der Waals surface area contributed by atoms with E-state index >= 15 is 0 Å². The molecule has 0 amide bonds.